The van der Waals surface area contributed by atoms with Crippen molar-refractivity contribution in [2.45, 2.75) is 57.4 Å². The number of aryl methyl sites for hydroxylation is 2. The molecule has 8 nitrogen and oxygen atoms in total. The van der Waals surface area contributed by atoms with Crippen molar-refractivity contribution in [3.63, 3.8) is 0 Å². The zero-order chi connectivity index (χ0) is 29.6. The highest BCUT2D eigenvalue weighted by Crippen LogP contribution is 2.44. The van der Waals surface area contributed by atoms with E-state index in [0.717, 1.165) is 59.2 Å². The summed E-state index contributed by atoms with van der Waals surface area (Å²) in [6, 6.07) is 15.6. The number of amidine groups is 1. The standard InChI is InChI=1S/C33H40N6O2/c1-5-28-23(3)10-11-24-19-25(31(41)36-4)12-15-29(24)33(28,32(35)38-26-13-8-22(2)9-14-26)16-17-37-21-30(40)39-18-6-7-27(39)20-34/h5,8-9,12-15,19,27,37H,1,6-7,10-11,16-18,21H2,2-4H3,(H2,35,38)(H,36,41). The number of hydrogen-bond donors (Lipinski definition) is 3. The number of benzene rings is 2. The average Bonchev–Trinajstić information content (AvgIpc) is 3.43. The Morgan fingerprint density at radius 3 is 2.66 bits per heavy atom. The van der Waals surface area contributed by atoms with E-state index in [2.05, 4.69) is 30.2 Å². The highest BCUT2D eigenvalue weighted by atomic mass is 16.2. The number of carbonyl (C=O) groups is 2. The number of amides is 2. The molecule has 0 bridgehead atoms. The monoisotopic (exact) mass is 552 g/mol. The maximum absolute atomic E-state index is 12.9. The van der Waals surface area contributed by atoms with E-state index in [-0.39, 0.29) is 24.4 Å². The summed E-state index contributed by atoms with van der Waals surface area (Å²) in [6.07, 6.45) is 5.51. The summed E-state index contributed by atoms with van der Waals surface area (Å²) in [6.45, 7) is 9.54. The number of likely N-dealkylation sites (tertiary alicyclic amines) is 1. The third-order valence-electron chi connectivity index (χ3n) is 8.34. The second-order valence-electron chi connectivity index (χ2n) is 10.9. The Hall–Kier alpha value is -4.22. The van der Waals surface area contributed by atoms with Crippen LogP contribution in [0.25, 0.3) is 0 Å². The van der Waals surface area contributed by atoms with E-state index < -0.39 is 5.41 Å². The van der Waals surface area contributed by atoms with Gasteiger partial charge in [-0.25, -0.2) is 4.99 Å². The number of nitrogens with zero attached hydrogens (tertiary/aromatic N) is 3. The molecule has 2 aromatic rings. The van der Waals surface area contributed by atoms with Crippen molar-refractivity contribution < 1.29 is 9.59 Å². The first-order valence-corrected chi connectivity index (χ1v) is 14.2. The highest BCUT2D eigenvalue weighted by molar-refractivity contribution is 5.99. The Kier molecular flexibility index (Phi) is 9.41. The van der Waals surface area contributed by atoms with Gasteiger partial charge < -0.3 is 21.3 Å². The summed E-state index contributed by atoms with van der Waals surface area (Å²) >= 11 is 0. The number of rotatable bonds is 9. The minimum absolute atomic E-state index is 0.0726. The van der Waals surface area contributed by atoms with Crippen LogP contribution in [0.3, 0.4) is 0 Å². The van der Waals surface area contributed by atoms with Crippen molar-refractivity contribution in [2.75, 3.05) is 26.7 Å². The SMILES string of the molecule is C=CC1=C(C)CCc2cc(C(=O)NC)ccc2C1(CCNCC(=O)N1CCCC1C#N)C(N)=Nc1ccc(C)cc1. The molecule has 0 aromatic heterocycles. The number of allylic oxidation sites excluding steroid dienone is 2. The van der Waals surface area contributed by atoms with Gasteiger partial charge in [0, 0.05) is 19.2 Å². The second-order valence-corrected chi connectivity index (χ2v) is 10.9. The summed E-state index contributed by atoms with van der Waals surface area (Å²) in [4.78, 5) is 32.0. The minimum atomic E-state index is -0.831. The van der Waals surface area contributed by atoms with Crippen LogP contribution < -0.4 is 16.4 Å². The summed E-state index contributed by atoms with van der Waals surface area (Å²) in [5.41, 5.74) is 12.8. The van der Waals surface area contributed by atoms with Gasteiger partial charge in [0.25, 0.3) is 5.91 Å². The lowest BCUT2D eigenvalue weighted by Crippen LogP contribution is -2.46. The summed E-state index contributed by atoms with van der Waals surface area (Å²) in [7, 11) is 1.62. The van der Waals surface area contributed by atoms with E-state index in [1.165, 1.54) is 0 Å². The van der Waals surface area contributed by atoms with E-state index in [9.17, 15) is 14.9 Å². The normalized spacial score (nSPS) is 20.7. The van der Waals surface area contributed by atoms with Gasteiger partial charge in [-0.05, 0) is 93.5 Å². The molecule has 2 amide bonds. The first-order chi connectivity index (χ1) is 19.7. The van der Waals surface area contributed by atoms with E-state index in [4.69, 9.17) is 10.7 Å². The molecule has 2 aliphatic rings. The molecule has 214 valence electrons. The maximum atomic E-state index is 12.9. The van der Waals surface area contributed by atoms with Gasteiger partial charge in [0.1, 0.15) is 11.9 Å². The predicted octanol–water partition coefficient (Wildman–Crippen LogP) is 4.22. The topological polar surface area (TPSA) is 124 Å². The van der Waals surface area contributed by atoms with Gasteiger partial charge in [0.15, 0.2) is 0 Å². The van der Waals surface area contributed by atoms with Crippen LogP contribution in [0.15, 0.2) is 71.3 Å². The van der Waals surface area contributed by atoms with Gasteiger partial charge in [0.2, 0.25) is 5.91 Å². The minimum Gasteiger partial charge on any atom is -0.386 e. The van der Waals surface area contributed by atoms with Crippen molar-refractivity contribution in [1.29, 1.82) is 5.26 Å². The van der Waals surface area contributed by atoms with E-state index in [1.54, 1.807) is 11.9 Å². The number of nitrogens with one attached hydrogen (secondary N) is 2. The molecule has 2 aromatic carbocycles. The van der Waals surface area contributed by atoms with Gasteiger partial charge in [-0.2, -0.15) is 5.26 Å². The van der Waals surface area contributed by atoms with Crippen molar-refractivity contribution in [2.24, 2.45) is 10.7 Å². The Morgan fingerprint density at radius 1 is 1.22 bits per heavy atom. The van der Waals surface area contributed by atoms with Gasteiger partial charge in [-0.3, -0.25) is 9.59 Å². The lowest BCUT2D eigenvalue weighted by atomic mass is 9.68. The number of nitriles is 1. The fourth-order valence-electron chi connectivity index (χ4n) is 6.12. The van der Waals surface area contributed by atoms with Crippen LogP contribution in [0.4, 0.5) is 5.69 Å². The number of hydrogen-bond acceptors (Lipinski definition) is 5. The first kappa shape index (κ1) is 29.8. The van der Waals surface area contributed by atoms with Crippen LogP contribution in [-0.2, 0) is 16.6 Å². The quantitative estimate of drug-likeness (QED) is 0.244. The van der Waals surface area contributed by atoms with Crippen LogP contribution in [0.1, 0.15) is 59.7 Å². The molecule has 1 fully saturated rings. The number of fused-ring (bicyclic) bond motifs is 1. The van der Waals surface area contributed by atoms with Crippen LogP contribution in [0.2, 0.25) is 0 Å². The molecule has 2 atom stereocenters. The molecule has 4 rings (SSSR count). The van der Waals surface area contributed by atoms with Crippen molar-refractivity contribution in [3.8, 4) is 6.07 Å². The molecule has 4 N–H and O–H groups in total. The van der Waals surface area contributed by atoms with Gasteiger partial charge in [-0.15, -0.1) is 0 Å². The van der Waals surface area contributed by atoms with E-state index in [1.807, 2.05) is 55.5 Å². The number of nitrogens with two attached hydrogens (primary N) is 1. The second kappa shape index (κ2) is 13.0. The summed E-state index contributed by atoms with van der Waals surface area (Å²) < 4.78 is 0. The zero-order valence-corrected chi connectivity index (χ0v) is 24.3. The fraction of sp³-hybridized carbons (Fsp3) is 0.394. The third kappa shape index (κ3) is 6.10. The van der Waals surface area contributed by atoms with Crippen LogP contribution in [0, 0.1) is 18.3 Å². The Balaban J connectivity index is 1.76. The smallest absolute Gasteiger partial charge is 0.251 e. The Bertz CT molecular complexity index is 1420. The molecule has 0 radical (unpaired) electrons. The van der Waals surface area contributed by atoms with Crippen molar-refractivity contribution >= 4 is 23.3 Å². The molecule has 1 saturated heterocycles. The van der Waals surface area contributed by atoms with Crippen LogP contribution in [0.5, 0.6) is 0 Å². The molecule has 41 heavy (non-hydrogen) atoms. The van der Waals surface area contributed by atoms with Gasteiger partial charge >= 0.3 is 0 Å². The first-order valence-electron chi connectivity index (χ1n) is 14.2. The van der Waals surface area contributed by atoms with Crippen LogP contribution in [-0.4, -0.2) is 55.3 Å². The Labute approximate surface area is 243 Å². The summed E-state index contributed by atoms with van der Waals surface area (Å²) in [5.74, 6) is 0.218. The highest BCUT2D eigenvalue weighted by Gasteiger charge is 2.43. The third-order valence-corrected chi connectivity index (χ3v) is 8.34. The molecule has 1 aliphatic heterocycles. The maximum Gasteiger partial charge on any atom is 0.251 e. The van der Waals surface area contributed by atoms with Gasteiger partial charge in [-0.1, -0.05) is 42.0 Å². The molecule has 2 unspecified atom stereocenters. The summed E-state index contributed by atoms with van der Waals surface area (Å²) in [5, 5.41) is 15.4. The molecule has 1 aliphatic carbocycles. The molecule has 1 heterocycles. The molecule has 0 spiro atoms. The fourth-order valence-corrected chi connectivity index (χ4v) is 6.12. The number of aliphatic imine (C=N–C) groups is 1. The largest absolute Gasteiger partial charge is 0.386 e. The predicted molar refractivity (Wildman–Crippen MR) is 163 cm³/mol. The van der Waals surface area contributed by atoms with Crippen molar-refractivity contribution in [3.05, 3.63) is 88.5 Å². The Morgan fingerprint density at radius 2 is 1.98 bits per heavy atom. The van der Waals surface area contributed by atoms with Crippen LogP contribution >= 0.6 is 0 Å². The molecular formula is C33H40N6O2. The zero-order valence-electron chi connectivity index (χ0n) is 24.3. The average molecular weight is 553 g/mol. The van der Waals surface area contributed by atoms with Gasteiger partial charge in [0.05, 0.1) is 23.7 Å². The molecular weight excluding hydrogens is 512 g/mol. The van der Waals surface area contributed by atoms with Crippen molar-refractivity contribution in [1.82, 2.24) is 15.5 Å². The molecule has 0 saturated carbocycles. The van der Waals surface area contributed by atoms with E-state index in [0.29, 0.717) is 30.9 Å². The molecule has 8 heteroatoms. The lowest BCUT2D eigenvalue weighted by Gasteiger charge is -2.37. The van der Waals surface area contributed by atoms with E-state index >= 15 is 0 Å². The lowest BCUT2D eigenvalue weighted by molar-refractivity contribution is -0.130. The number of carbonyl (C=O) groups excluding carboxylic acids is 2.